The predicted octanol–water partition coefficient (Wildman–Crippen LogP) is 2.25. The number of aliphatic carboxylic acids is 1. The Labute approximate surface area is 127 Å². The minimum Gasteiger partial charge on any atom is -0.481 e. The van der Waals surface area contributed by atoms with E-state index < -0.39 is 5.97 Å². The summed E-state index contributed by atoms with van der Waals surface area (Å²) in [5.74, 6) is -1.00. The number of amides is 1. The molecule has 0 atom stereocenters. The molecule has 1 amide bonds. The Morgan fingerprint density at radius 3 is 2.77 bits per heavy atom. The molecule has 0 bridgehead atoms. The lowest BCUT2D eigenvalue weighted by Crippen LogP contribution is -2.25. The van der Waals surface area contributed by atoms with Crippen molar-refractivity contribution in [3.8, 4) is 0 Å². The minimum atomic E-state index is -0.877. The number of fused-ring (bicyclic) bond motifs is 1. The van der Waals surface area contributed by atoms with Crippen LogP contribution in [0, 0.1) is 6.92 Å². The van der Waals surface area contributed by atoms with E-state index in [2.05, 4.69) is 15.5 Å². The number of aryl methyl sites for hydroxylation is 1. The second-order valence-corrected chi connectivity index (χ2v) is 5.45. The maximum Gasteiger partial charge on any atom is 0.303 e. The molecule has 0 fully saturated rings. The van der Waals surface area contributed by atoms with Gasteiger partial charge in [-0.15, -0.1) is 0 Å². The van der Waals surface area contributed by atoms with Crippen LogP contribution < -0.4 is 5.32 Å². The first-order valence-corrected chi connectivity index (χ1v) is 7.17. The van der Waals surface area contributed by atoms with Crippen LogP contribution in [0.1, 0.15) is 54.4 Å². The highest BCUT2D eigenvalue weighted by Crippen LogP contribution is 2.24. The van der Waals surface area contributed by atoms with Crippen LogP contribution in [0.15, 0.2) is 10.6 Å². The van der Waals surface area contributed by atoms with Gasteiger partial charge >= 0.3 is 5.97 Å². The molecule has 0 aliphatic carbocycles. The van der Waals surface area contributed by atoms with Gasteiger partial charge in [-0.1, -0.05) is 19.0 Å². The van der Waals surface area contributed by atoms with E-state index in [1.54, 1.807) is 13.0 Å². The van der Waals surface area contributed by atoms with Gasteiger partial charge in [0.25, 0.3) is 11.6 Å². The first-order chi connectivity index (χ1) is 10.4. The Balaban J connectivity index is 2.26. The summed E-state index contributed by atoms with van der Waals surface area (Å²) in [6.07, 6.45) is 0.407. The zero-order chi connectivity index (χ0) is 16.3. The van der Waals surface area contributed by atoms with Crippen LogP contribution in [0.3, 0.4) is 0 Å². The van der Waals surface area contributed by atoms with E-state index in [1.807, 2.05) is 13.8 Å². The molecule has 0 unspecified atom stereocenters. The van der Waals surface area contributed by atoms with Gasteiger partial charge < -0.3 is 14.9 Å². The maximum atomic E-state index is 12.4. The van der Waals surface area contributed by atoms with E-state index in [1.165, 1.54) is 0 Å². The van der Waals surface area contributed by atoms with Crippen molar-refractivity contribution >= 4 is 23.0 Å². The molecule has 0 saturated carbocycles. The van der Waals surface area contributed by atoms with Crippen LogP contribution in [0.5, 0.6) is 0 Å². The van der Waals surface area contributed by atoms with Crippen molar-refractivity contribution in [2.45, 2.75) is 39.5 Å². The Bertz CT molecular complexity index is 706. The van der Waals surface area contributed by atoms with Crippen molar-refractivity contribution in [3.05, 3.63) is 23.0 Å². The van der Waals surface area contributed by atoms with Gasteiger partial charge in [0.15, 0.2) is 0 Å². The highest BCUT2D eigenvalue weighted by molar-refractivity contribution is 6.06. The van der Waals surface area contributed by atoms with Crippen molar-refractivity contribution in [1.29, 1.82) is 0 Å². The fraction of sp³-hybridized carbons (Fsp3) is 0.467. The lowest BCUT2D eigenvalue weighted by molar-refractivity contribution is -0.137. The van der Waals surface area contributed by atoms with E-state index in [-0.39, 0.29) is 18.2 Å². The number of carbonyl (C=O) groups is 2. The van der Waals surface area contributed by atoms with E-state index in [9.17, 15) is 9.59 Å². The van der Waals surface area contributed by atoms with Gasteiger partial charge in [-0.2, -0.15) is 0 Å². The topological polar surface area (TPSA) is 105 Å². The standard InChI is InChI=1S/C15H19N3O4/c1-8(2)11-7-10(13-9(3)18-22-15(13)17-11)14(21)16-6-4-5-12(19)20/h7-8H,4-6H2,1-3H3,(H,16,21)(H,19,20). The average Bonchev–Trinajstić information content (AvgIpc) is 2.84. The fourth-order valence-electron chi connectivity index (χ4n) is 2.13. The fourth-order valence-corrected chi connectivity index (χ4v) is 2.13. The summed E-state index contributed by atoms with van der Waals surface area (Å²) >= 11 is 0. The van der Waals surface area contributed by atoms with E-state index in [4.69, 9.17) is 9.63 Å². The molecular formula is C15H19N3O4. The third kappa shape index (κ3) is 3.41. The van der Waals surface area contributed by atoms with Crippen molar-refractivity contribution in [2.24, 2.45) is 0 Å². The maximum absolute atomic E-state index is 12.4. The molecule has 0 saturated heterocycles. The monoisotopic (exact) mass is 305 g/mol. The van der Waals surface area contributed by atoms with Gasteiger partial charge in [0.2, 0.25) is 0 Å². The van der Waals surface area contributed by atoms with Gasteiger partial charge in [0.05, 0.1) is 16.6 Å². The first kappa shape index (κ1) is 15.9. The van der Waals surface area contributed by atoms with E-state index in [0.29, 0.717) is 35.3 Å². The lowest BCUT2D eigenvalue weighted by Gasteiger charge is -2.09. The third-order valence-corrected chi connectivity index (χ3v) is 3.33. The summed E-state index contributed by atoms with van der Waals surface area (Å²) in [5, 5.41) is 15.8. The number of aromatic nitrogens is 2. The van der Waals surface area contributed by atoms with Crippen LogP contribution in [0.4, 0.5) is 0 Å². The van der Waals surface area contributed by atoms with E-state index in [0.717, 1.165) is 5.69 Å². The molecule has 2 aromatic rings. The number of nitrogens with zero attached hydrogens (tertiary/aromatic N) is 2. The highest BCUT2D eigenvalue weighted by atomic mass is 16.5. The second kappa shape index (κ2) is 6.55. The van der Waals surface area contributed by atoms with Crippen molar-refractivity contribution < 1.29 is 19.2 Å². The van der Waals surface area contributed by atoms with Gasteiger partial charge in [-0.3, -0.25) is 9.59 Å². The molecule has 7 nitrogen and oxygen atoms in total. The number of hydrogen-bond donors (Lipinski definition) is 2. The van der Waals surface area contributed by atoms with Gasteiger partial charge in [-0.25, -0.2) is 4.98 Å². The summed E-state index contributed by atoms with van der Waals surface area (Å²) in [5.41, 5.74) is 2.16. The molecule has 0 spiro atoms. The Kier molecular flexibility index (Phi) is 4.75. The summed E-state index contributed by atoms with van der Waals surface area (Å²) in [6.45, 7) is 6.01. The number of carbonyl (C=O) groups excluding carboxylic acids is 1. The summed E-state index contributed by atoms with van der Waals surface area (Å²) < 4.78 is 5.17. The van der Waals surface area contributed by atoms with Crippen LogP contribution >= 0.6 is 0 Å². The molecule has 0 aromatic carbocycles. The molecule has 2 heterocycles. The zero-order valence-electron chi connectivity index (χ0n) is 12.8. The second-order valence-electron chi connectivity index (χ2n) is 5.45. The molecular weight excluding hydrogens is 286 g/mol. The number of rotatable bonds is 6. The van der Waals surface area contributed by atoms with Gasteiger partial charge in [0, 0.05) is 18.7 Å². The quantitative estimate of drug-likeness (QED) is 0.793. The van der Waals surface area contributed by atoms with Crippen LogP contribution in [0.2, 0.25) is 0 Å². The van der Waals surface area contributed by atoms with Crippen LogP contribution in [-0.2, 0) is 4.79 Å². The molecule has 0 aliphatic rings. The van der Waals surface area contributed by atoms with Crippen LogP contribution in [-0.4, -0.2) is 33.7 Å². The lowest BCUT2D eigenvalue weighted by atomic mass is 10.0. The number of hydrogen-bond acceptors (Lipinski definition) is 5. The van der Waals surface area contributed by atoms with Crippen molar-refractivity contribution in [1.82, 2.24) is 15.5 Å². The Hall–Kier alpha value is -2.44. The van der Waals surface area contributed by atoms with E-state index >= 15 is 0 Å². The summed E-state index contributed by atoms with van der Waals surface area (Å²) in [6, 6.07) is 1.74. The molecule has 7 heteroatoms. The number of carboxylic acids is 1. The number of carboxylic acid groups (broad SMARTS) is 1. The molecule has 22 heavy (non-hydrogen) atoms. The molecule has 118 valence electrons. The Morgan fingerprint density at radius 2 is 2.14 bits per heavy atom. The SMILES string of the molecule is Cc1noc2nc(C(C)C)cc(C(=O)NCCCC(=O)O)c12. The number of pyridine rings is 1. The predicted molar refractivity (Wildman–Crippen MR) is 79.8 cm³/mol. The average molecular weight is 305 g/mol. The normalized spacial score (nSPS) is 11.1. The van der Waals surface area contributed by atoms with Crippen molar-refractivity contribution in [2.75, 3.05) is 6.54 Å². The largest absolute Gasteiger partial charge is 0.481 e. The van der Waals surface area contributed by atoms with Crippen molar-refractivity contribution in [3.63, 3.8) is 0 Å². The highest BCUT2D eigenvalue weighted by Gasteiger charge is 2.19. The smallest absolute Gasteiger partial charge is 0.303 e. The third-order valence-electron chi connectivity index (χ3n) is 3.33. The minimum absolute atomic E-state index is 0.0234. The molecule has 0 radical (unpaired) electrons. The molecule has 2 rings (SSSR count). The van der Waals surface area contributed by atoms with Gasteiger partial charge in [0.1, 0.15) is 0 Å². The van der Waals surface area contributed by atoms with Crippen LogP contribution in [0.25, 0.3) is 11.1 Å². The number of nitrogens with one attached hydrogen (secondary N) is 1. The Morgan fingerprint density at radius 1 is 1.41 bits per heavy atom. The zero-order valence-corrected chi connectivity index (χ0v) is 12.8. The molecule has 0 aliphatic heterocycles. The first-order valence-electron chi connectivity index (χ1n) is 7.17. The summed E-state index contributed by atoms with van der Waals surface area (Å²) in [4.78, 5) is 27.2. The molecule has 2 N–H and O–H groups in total. The van der Waals surface area contributed by atoms with Gasteiger partial charge in [-0.05, 0) is 25.3 Å². The molecule has 2 aromatic heterocycles. The summed E-state index contributed by atoms with van der Waals surface area (Å²) in [7, 11) is 0.